The highest BCUT2D eigenvalue weighted by Gasteiger charge is 1.98. The molecule has 48 valence electrons. The van der Waals surface area contributed by atoms with Crippen molar-refractivity contribution < 1.29 is 0 Å². The average Bonchev–Trinajstić information content (AvgIpc) is 1.84. The molecule has 0 spiro atoms. The van der Waals surface area contributed by atoms with Gasteiger partial charge in [0, 0.05) is 13.1 Å². The first-order valence-corrected chi connectivity index (χ1v) is 3.36. The van der Waals surface area contributed by atoms with Crippen LogP contribution < -0.4 is 0 Å². The van der Waals surface area contributed by atoms with Crippen LogP contribution in [0.2, 0.25) is 0 Å². The molecule has 0 heterocycles. The summed E-state index contributed by atoms with van der Waals surface area (Å²) in [6, 6.07) is 0.590. The van der Waals surface area contributed by atoms with Crippen molar-refractivity contribution in [3.05, 3.63) is 0 Å². The molecule has 0 saturated carbocycles. The number of thiocarbonyl (C=S) groups is 1. The second-order valence-corrected chi connectivity index (χ2v) is 2.24. The molecule has 8 heavy (non-hydrogen) atoms. The first-order valence-electron chi connectivity index (χ1n) is 2.89. The van der Waals surface area contributed by atoms with Crippen LogP contribution in [0.1, 0.15) is 20.3 Å². The van der Waals surface area contributed by atoms with Crippen molar-refractivity contribution in [1.29, 1.82) is 0 Å². The van der Waals surface area contributed by atoms with E-state index in [1.54, 1.807) is 5.49 Å². The van der Waals surface area contributed by atoms with Gasteiger partial charge in [0.05, 0.1) is 5.49 Å². The minimum Gasteiger partial charge on any atom is -0.369 e. The summed E-state index contributed by atoms with van der Waals surface area (Å²) >= 11 is 4.72. The van der Waals surface area contributed by atoms with Gasteiger partial charge in [-0.2, -0.15) is 0 Å². The second-order valence-electron chi connectivity index (χ2n) is 2.03. The first-order chi connectivity index (χ1) is 3.72. The zero-order chi connectivity index (χ0) is 6.57. The predicted molar refractivity (Wildman–Crippen MR) is 41.2 cm³/mol. The molecule has 1 atom stereocenters. The Kier molecular flexibility index (Phi) is 3.79. The summed E-state index contributed by atoms with van der Waals surface area (Å²) in [5.74, 6) is 0. The van der Waals surface area contributed by atoms with Gasteiger partial charge in [0.15, 0.2) is 0 Å². The lowest BCUT2D eigenvalue weighted by Gasteiger charge is -2.19. The number of hydrogen-bond donors (Lipinski definition) is 0. The van der Waals surface area contributed by atoms with E-state index < -0.39 is 0 Å². The number of nitrogens with zero attached hydrogens (tertiary/aromatic N) is 1. The average molecular weight is 131 g/mol. The molecule has 0 aromatic heterocycles. The third-order valence-electron chi connectivity index (χ3n) is 1.45. The van der Waals surface area contributed by atoms with Gasteiger partial charge in [0.1, 0.15) is 0 Å². The molecule has 0 saturated heterocycles. The van der Waals surface area contributed by atoms with E-state index in [0.29, 0.717) is 6.04 Å². The highest BCUT2D eigenvalue weighted by molar-refractivity contribution is 7.78. The maximum absolute atomic E-state index is 4.72. The lowest BCUT2D eigenvalue weighted by atomic mass is 10.2. The minimum absolute atomic E-state index is 0.590. The molecule has 0 amide bonds. The van der Waals surface area contributed by atoms with Gasteiger partial charge in [-0.3, -0.25) is 0 Å². The Hall–Kier alpha value is -0.110. The summed E-state index contributed by atoms with van der Waals surface area (Å²) in [5.41, 5.74) is 1.69. The van der Waals surface area contributed by atoms with Crippen molar-refractivity contribution in [3.8, 4) is 0 Å². The van der Waals surface area contributed by atoms with Crippen LogP contribution >= 0.6 is 12.2 Å². The third-order valence-corrected chi connectivity index (χ3v) is 1.78. The standard InChI is InChI=1S/C6H13NS/c1-4-6(2)7(3)5-8/h5-6H,4H2,1-3H3. The summed E-state index contributed by atoms with van der Waals surface area (Å²) in [6.45, 7) is 4.31. The van der Waals surface area contributed by atoms with Gasteiger partial charge < -0.3 is 4.90 Å². The summed E-state index contributed by atoms with van der Waals surface area (Å²) in [5, 5.41) is 0. The van der Waals surface area contributed by atoms with Crippen LogP contribution in [0.5, 0.6) is 0 Å². The monoisotopic (exact) mass is 131 g/mol. The lowest BCUT2D eigenvalue weighted by molar-refractivity contribution is 0.396. The molecule has 0 N–H and O–H groups in total. The van der Waals surface area contributed by atoms with E-state index in [9.17, 15) is 0 Å². The first kappa shape index (κ1) is 7.89. The van der Waals surface area contributed by atoms with Crippen molar-refractivity contribution in [2.45, 2.75) is 26.3 Å². The topological polar surface area (TPSA) is 3.24 Å². The molecule has 0 aliphatic carbocycles. The van der Waals surface area contributed by atoms with Crippen LogP contribution in [0.3, 0.4) is 0 Å². The number of hydrogen-bond acceptors (Lipinski definition) is 1. The molecule has 1 unspecified atom stereocenters. The summed E-state index contributed by atoms with van der Waals surface area (Å²) < 4.78 is 0. The molecular formula is C6H13NS. The fourth-order valence-corrected chi connectivity index (χ4v) is 0.600. The maximum atomic E-state index is 4.72. The molecule has 2 heteroatoms. The fraction of sp³-hybridized carbons (Fsp3) is 0.833. The van der Waals surface area contributed by atoms with Crippen molar-refractivity contribution in [3.63, 3.8) is 0 Å². The molecule has 0 rings (SSSR count). The Morgan fingerprint density at radius 2 is 2.25 bits per heavy atom. The van der Waals surface area contributed by atoms with Gasteiger partial charge >= 0.3 is 0 Å². The summed E-state index contributed by atoms with van der Waals surface area (Å²) in [7, 11) is 2.00. The molecule has 0 bridgehead atoms. The van der Waals surface area contributed by atoms with Gasteiger partial charge in [-0.25, -0.2) is 0 Å². The molecule has 0 aromatic rings. The highest BCUT2D eigenvalue weighted by Crippen LogP contribution is 1.95. The van der Waals surface area contributed by atoms with Gasteiger partial charge in [-0.05, 0) is 13.3 Å². The maximum Gasteiger partial charge on any atom is 0.0640 e. The fourth-order valence-electron chi connectivity index (χ4n) is 0.392. The van der Waals surface area contributed by atoms with Crippen LogP contribution in [-0.2, 0) is 0 Å². The number of rotatable bonds is 3. The van der Waals surface area contributed by atoms with Crippen LogP contribution in [0.25, 0.3) is 0 Å². The Labute approximate surface area is 56.7 Å². The molecule has 0 fully saturated rings. The van der Waals surface area contributed by atoms with Crippen LogP contribution in [0, 0.1) is 0 Å². The zero-order valence-corrected chi connectivity index (χ0v) is 6.53. The van der Waals surface area contributed by atoms with Crippen LogP contribution in [0.4, 0.5) is 0 Å². The molecule has 0 aliphatic heterocycles. The highest BCUT2D eigenvalue weighted by atomic mass is 32.1. The molecule has 1 nitrogen and oxygen atoms in total. The Bertz CT molecular complexity index is 72.9. The Morgan fingerprint density at radius 3 is 2.38 bits per heavy atom. The van der Waals surface area contributed by atoms with Gasteiger partial charge in [-0.15, -0.1) is 0 Å². The van der Waals surface area contributed by atoms with E-state index >= 15 is 0 Å². The molecule has 0 aromatic carbocycles. The van der Waals surface area contributed by atoms with E-state index in [2.05, 4.69) is 13.8 Å². The normalized spacial score (nSPS) is 12.9. The SMILES string of the molecule is CCC(C)N(C)C=S. The van der Waals surface area contributed by atoms with Crippen molar-refractivity contribution in [1.82, 2.24) is 4.90 Å². The molecule has 0 aliphatic rings. The van der Waals surface area contributed by atoms with Crippen molar-refractivity contribution in [2.24, 2.45) is 0 Å². The molecule has 0 radical (unpaired) electrons. The Balaban J connectivity index is 3.44. The quantitative estimate of drug-likeness (QED) is 0.536. The Morgan fingerprint density at radius 1 is 1.75 bits per heavy atom. The van der Waals surface area contributed by atoms with Crippen LogP contribution in [-0.4, -0.2) is 23.5 Å². The van der Waals surface area contributed by atoms with Gasteiger partial charge in [0.25, 0.3) is 0 Å². The van der Waals surface area contributed by atoms with E-state index in [4.69, 9.17) is 12.2 Å². The van der Waals surface area contributed by atoms with Gasteiger partial charge in [-0.1, -0.05) is 19.1 Å². The predicted octanol–water partition coefficient (Wildman–Crippen LogP) is 1.67. The summed E-state index contributed by atoms with van der Waals surface area (Å²) in [4.78, 5) is 2.04. The molecular weight excluding hydrogens is 118 g/mol. The van der Waals surface area contributed by atoms with E-state index in [1.807, 2.05) is 11.9 Å². The summed E-state index contributed by atoms with van der Waals surface area (Å²) in [6.07, 6.45) is 1.16. The second kappa shape index (κ2) is 3.84. The van der Waals surface area contributed by atoms with E-state index in [-0.39, 0.29) is 0 Å². The van der Waals surface area contributed by atoms with Gasteiger partial charge in [0.2, 0.25) is 0 Å². The third kappa shape index (κ3) is 2.26. The van der Waals surface area contributed by atoms with E-state index in [1.165, 1.54) is 0 Å². The zero-order valence-electron chi connectivity index (χ0n) is 5.72. The van der Waals surface area contributed by atoms with Crippen molar-refractivity contribution >= 4 is 17.7 Å². The lowest BCUT2D eigenvalue weighted by Crippen LogP contribution is -2.25. The van der Waals surface area contributed by atoms with Crippen LogP contribution in [0.15, 0.2) is 0 Å². The van der Waals surface area contributed by atoms with E-state index in [0.717, 1.165) is 6.42 Å². The largest absolute Gasteiger partial charge is 0.369 e. The van der Waals surface area contributed by atoms with Crippen molar-refractivity contribution in [2.75, 3.05) is 7.05 Å². The smallest absolute Gasteiger partial charge is 0.0640 e. The minimum atomic E-state index is 0.590.